The van der Waals surface area contributed by atoms with Crippen molar-refractivity contribution in [3.8, 4) is 0 Å². The topological polar surface area (TPSA) is 54.4 Å². The maximum Gasteiger partial charge on any atom is 0.200 e. The average molecular weight is 259 g/mol. The Balaban J connectivity index is 2.75. The van der Waals surface area contributed by atoms with Crippen LogP contribution in [-0.4, -0.2) is 19.1 Å². The summed E-state index contributed by atoms with van der Waals surface area (Å²) in [5.74, 6) is 0. The van der Waals surface area contributed by atoms with Crippen LogP contribution in [0.2, 0.25) is 5.02 Å². The van der Waals surface area contributed by atoms with Gasteiger partial charge in [0.05, 0.1) is 10.5 Å². The van der Waals surface area contributed by atoms with Crippen LogP contribution in [0.5, 0.6) is 0 Å². The summed E-state index contributed by atoms with van der Waals surface area (Å²) in [5.41, 5.74) is -0.261. The number of hydrogen-bond donors (Lipinski definition) is 1. The first kappa shape index (κ1) is 11.6. The predicted molar refractivity (Wildman–Crippen MR) is 62.9 cm³/mol. The van der Waals surface area contributed by atoms with E-state index in [4.69, 9.17) is 11.6 Å². The van der Waals surface area contributed by atoms with Gasteiger partial charge in [-0.2, -0.15) is 0 Å². The molecule has 0 saturated carbocycles. The Kier molecular flexibility index (Phi) is 2.42. The van der Waals surface area contributed by atoms with Gasteiger partial charge in [-0.1, -0.05) is 17.7 Å². The maximum atomic E-state index is 11.8. The minimum absolute atomic E-state index is 0.164. The first-order valence-corrected chi connectivity index (χ1v) is 6.64. The second kappa shape index (κ2) is 3.32. The van der Waals surface area contributed by atoms with Gasteiger partial charge in [-0.25, -0.2) is 8.42 Å². The zero-order chi connectivity index (χ0) is 12.1. The highest BCUT2D eigenvalue weighted by atomic mass is 35.5. The van der Waals surface area contributed by atoms with Crippen LogP contribution in [-0.2, 0) is 9.84 Å². The number of hydrogen-bond acceptors (Lipinski definition) is 3. The van der Waals surface area contributed by atoms with Gasteiger partial charge in [-0.3, -0.25) is 0 Å². The fourth-order valence-electron chi connectivity index (χ4n) is 1.71. The molecule has 0 aromatic heterocycles. The Morgan fingerprint density at radius 3 is 2.50 bits per heavy atom. The minimum atomic E-state index is -3.47. The van der Waals surface area contributed by atoms with Crippen LogP contribution in [0.25, 0.3) is 5.57 Å². The molecular weight excluding hydrogens is 248 g/mol. The standard InChI is InChI=1S/C11H11ClO3S/c1-11(2,13)9-6-16(14,15)10-5-7(12)3-4-8(9)10/h3-6,13H,1-2H3. The molecule has 0 amide bonds. The molecule has 86 valence electrons. The molecule has 1 aliphatic rings. The summed E-state index contributed by atoms with van der Waals surface area (Å²) >= 11 is 5.76. The fraction of sp³-hybridized carbons (Fsp3) is 0.273. The minimum Gasteiger partial charge on any atom is -0.386 e. The molecule has 0 radical (unpaired) electrons. The molecule has 1 aliphatic heterocycles. The molecule has 1 aromatic carbocycles. The van der Waals surface area contributed by atoms with Crippen LogP contribution in [0, 0.1) is 0 Å². The van der Waals surface area contributed by atoms with E-state index in [1.807, 2.05) is 0 Å². The summed E-state index contributed by atoms with van der Waals surface area (Å²) in [5, 5.41) is 11.4. The van der Waals surface area contributed by atoms with Crippen LogP contribution >= 0.6 is 11.6 Å². The molecular formula is C11H11ClO3S. The maximum absolute atomic E-state index is 11.8. The van der Waals surface area contributed by atoms with Crippen molar-refractivity contribution in [1.82, 2.24) is 0 Å². The monoisotopic (exact) mass is 258 g/mol. The highest BCUT2D eigenvalue weighted by Crippen LogP contribution is 2.40. The zero-order valence-electron chi connectivity index (χ0n) is 8.86. The molecule has 1 aromatic rings. The number of aliphatic hydroxyl groups is 1. The quantitative estimate of drug-likeness (QED) is 0.841. The van der Waals surface area contributed by atoms with Gasteiger partial charge in [0.15, 0.2) is 0 Å². The van der Waals surface area contributed by atoms with Crippen molar-refractivity contribution in [3.63, 3.8) is 0 Å². The molecule has 0 aliphatic carbocycles. The van der Waals surface area contributed by atoms with Gasteiger partial charge in [0.25, 0.3) is 0 Å². The largest absolute Gasteiger partial charge is 0.386 e. The molecule has 2 rings (SSSR count). The molecule has 1 heterocycles. The van der Waals surface area contributed by atoms with E-state index in [9.17, 15) is 13.5 Å². The summed E-state index contributed by atoms with van der Waals surface area (Å²) < 4.78 is 23.6. The van der Waals surface area contributed by atoms with Gasteiger partial charge in [-0.15, -0.1) is 0 Å². The molecule has 0 saturated heterocycles. The molecule has 0 unspecified atom stereocenters. The van der Waals surface area contributed by atoms with E-state index in [1.165, 1.54) is 6.07 Å². The van der Waals surface area contributed by atoms with E-state index in [-0.39, 0.29) is 4.90 Å². The lowest BCUT2D eigenvalue weighted by atomic mass is 9.93. The number of fused-ring (bicyclic) bond motifs is 1. The van der Waals surface area contributed by atoms with Crippen LogP contribution in [0.4, 0.5) is 0 Å². The van der Waals surface area contributed by atoms with Crippen LogP contribution < -0.4 is 0 Å². The molecule has 3 nitrogen and oxygen atoms in total. The molecule has 1 N–H and O–H groups in total. The summed E-state index contributed by atoms with van der Waals surface area (Å²) in [6.45, 7) is 3.11. The lowest BCUT2D eigenvalue weighted by molar-refractivity contribution is 0.144. The highest BCUT2D eigenvalue weighted by molar-refractivity contribution is 7.95. The van der Waals surface area contributed by atoms with E-state index >= 15 is 0 Å². The summed E-state index contributed by atoms with van der Waals surface area (Å²) in [6, 6.07) is 4.63. The Morgan fingerprint density at radius 1 is 1.31 bits per heavy atom. The van der Waals surface area contributed by atoms with E-state index in [0.717, 1.165) is 5.41 Å². The van der Waals surface area contributed by atoms with Crippen molar-refractivity contribution in [2.24, 2.45) is 0 Å². The third-order valence-electron chi connectivity index (χ3n) is 2.47. The Hall–Kier alpha value is -0.840. The number of sulfone groups is 1. The van der Waals surface area contributed by atoms with Crippen molar-refractivity contribution in [1.29, 1.82) is 0 Å². The zero-order valence-corrected chi connectivity index (χ0v) is 10.4. The second-order valence-electron chi connectivity index (χ2n) is 4.28. The fourth-order valence-corrected chi connectivity index (χ4v) is 3.58. The molecule has 0 fully saturated rings. The normalized spacial score (nSPS) is 18.1. The van der Waals surface area contributed by atoms with Crippen LogP contribution in [0.3, 0.4) is 0 Å². The Morgan fingerprint density at radius 2 is 1.94 bits per heavy atom. The van der Waals surface area contributed by atoms with Crippen molar-refractivity contribution in [2.45, 2.75) is 24.3 Å². The first-order valence-electron chi connectivity index (χ1n) is 4.71. The lowest BCUT2D eigenvalue weighted by Crippen LogP contribution is -2.19. The summed E-state index contributed by atoms with van der Waals surface area (Å²) in [6.07, 6.45) is 0. The van der Waals surface area contributed by atoms with Crippen molar-refractivity contribution in [2.75, 3.05) is 0 Å². The highest BCUT2D eigenvalue weighted by Gasteiger charge is 2.34. The summed E-state index contributed by atoms with van der Waals surface area (Å²) in [4.78, 5) is 0.164. The average Bonchev–Trinajstić information content (AvgIpc) is 2.38. The Labute approximate surface area is 99.3 Å². The van der Waals surface area contributed by atoms with Gasteiger partial charge >= 0.3 is 0 Å². The number of halogens is 1. The van der Waals surface area contributed by atoms with Crippen molar-refractivity contribution >= 4 is 27.0 Å². The number of rotatable bonds is 1. The van der Waals surface area contributed by atoms with Gasteiger partial charge in [0.2, 0.25) is 9.84 Å². The van der Waals surface area contributed by atoms with Crippen molar-refractivity contribution < 1.29 is 13.5 Å². The van der Waals surface area contributed by atoms with E-state index < -0.39 is 15.4 Å². The first-order chi connectivity index (χ1) is 7.22. The third kappa shape index (κ3) is 1.77. The van der Waals surface area contributed by atoms with E-state index in [1.54, 1.807) is 26.0 Å². The smallest absolute Gasteiger partial charge is 0.200 e. The summed E-state index contributed by atoms with van der Waals surface area (Å²) in [7, 11) is -3.47. The van der Waals surface area contributed by atoms with Gasteiger partial charge in [-0.05, 0) is 26.0 Å². The molecule has 16 heavy (non-hydrogen) atoms. The van der Waals surface area contributed by atoms with Gasteiger partial charge in [0, 0.05) is 21.6 Å². The van der Waals surface area contributed by atoms with Crippen LogP contribution in [0.15, 0.2) is 28.5 Å². The second-order valence-corrected chi connectivity index (χ2v) is 6.48. The lowest BCUT2D eigenvalue weighted by Gasteiger charge is -2.19. The Bertz CT molecular complexity index is 580. The van der Waals surface area contributed by atoms with Gasteiger partial charge < -0.3 is 5.11 Å². The molecule has 5 heteroatoms. The predicted octanol–water partition coefficient (Wildman–Crippen LogP) is 2.24. The third-order valence-corrected chi connectivity index (χ3v) is 4.20. The SMILES string of the molecule is CC(C)(O)C1=CS(=O)(=O)c2cc(Cl)ccc21. The van der Waals surface area contributed by atoms with E-state index in [0.29, 0.717) is 16.2 Å². The molecule has 0 atom stereocenters. The molecule has 0 bridgehead atoms. The molecule has 0 spiro atoms. The van der Waals surface area contributed by atoms with Crippen LogP contribution in [0.1, 0.15) is 19.4 Å². The van der Waals surface area contributed by atoms with E-state index in [2.05, 4.69) is 0 Å². The number of benzene rings is 1. The van der Waals surface area contributed by atoms with Gasteiger partial charge in [0.1, 0.15) is 0 Å². The van der Waals surface area contributed by atoms with Crippen molar-refractivity contribution in [3.05, 3.63) is 34.2 Å².